The molecule has 1 nitrogen and oxygen atoms in total. The third kappa shape index (κ3) is 3.09. The van der Waals surface area contributed by atoms with E-state index >= 15 is 0 Å². The van der Waals surface area contributed by atoms with Crippen molar-refractivity contribution in [3.05, 3.63) is 42.0 Å². The van der Waals surface area contributed by atoms with Gasteiger partial charge in [0.1, 0.15) is 0 Å². The van der Waals surface area contributed by atoms with Gasteiger partial charge in [0.05, 0.1) is 0 Å². The van der Waals surface area contributed by atoms with Crippen LogP contribution in [-0.4, -0.2) is 16.9 Å². The maximum absolute atomic E-state index is 12.2. The van der Waals surface area contributed by atoms with Gasteiger partial charge >= 0.3 is 6.18 Å². The zero-order valence-electron chi connectivity index (χ0n) is 8.12. The standard InChI is InChI=1S/C11H11F3O/c1-10(15,11(12,13)14)8-7-9-5-3-2-4-6-9/h2-8,15H,1H3/b8-7+. The van der Waals surface area contributed by atoms with E-state index in [4.69, 9.17) is 5.11 Å². The van der Waals surface area contributed by atoms with Crippen LogP contribution >= 0.6 is 0 Å². The number of benzene rings is 1. The summed E-state index contributed by atoms with van der Waals surface area (Å²) in [6.45, 7) is 0.715. The fraction of sp³-hybridized carbons (Fsp3) is 0.273. The van der Waals surface area contributed by atoms with E-state index in [9.17, 15) is 13.2 Å². The van der Waals surface area contributed by atoms with Crippen molar-refractivity contribution in [3.63, 3.8) is 0 Å². The Hall–Kier alpha value is -1.29. The molecule has 0 aliphatic carbocycles. The van der Waals surface area contributed by atoms with Gasteiger partial charge in [-0.15, -0.1) is 0 Å². The molecule has 1 N–H and O–H groups in total. The van der Waals surface area contributed by atoms with Gasteiger partial charge in [0.15, 0.2) is 5.60 Å². The molecule has 0 spiro atoms. The van der Waals surface area contributed by atoms with Gasteiger partial charge in [-0.3, -0.25) is 0 Å². The molecule has 1 unspecified atom stereocenters. The van der Waals surface area contributed by atoms with Crippen LogP contribution in [0.15, 0.2) is 36.4 Å². The lowest BCUT2D eigenvalue weighted by Crippen LogP contribution is -2.39. The molecule has 1 aromatic rings. The van der Waals surface area contributed by atoms with Crippen molar-refractivity contribution in [1.82, 2.24) is 0 Å². The van der Waals surface area contributed by atoms with Crippen LogP contribution in [0.5, 0.6) is 0 Å². The van der Waals surface area contributed by atoms with Crippen molar-refractivity contribution < 1.29 is 18.3 Å². The van der Waals surface area contributed by atoms with Crippen LogP contribution in [0.3, 0.4) is 0 Å². The highest BCUT2D eigenvalue weighted by Crippen LogP contribution is 2.31. The zero-order valence-corrected chi connectivity index (χ0v) is 8.12. The Labute approximate surface area is 85.9 Å². The second-order valence-electron chi connectivity index (χ2n) is 3.39. The van der Waals surface area contributed by atoms with E-state index in [-0.39, 0.29) is 0 Å². The highest BCUT2D eigenvalue weighted by molar-refractivity contribution is 5.50. The van der Waals surface area contributed by atoms with Crippen molar-refractivity contribution >= 4 is 6.08 Å². The van der Waals surface area contributed by atoms with E-state index in [1.54, 1.807) is 30.3 Å². The number of hydrogen-bond donors (Lipinski definition) is 1. The maximum Gasteiger partial charge on any atom is 0.420 e. The third-order valence-corrected chi connectivity index (χ3v) is 1.97. The molecule has 0 aliphatic heterocycles. The van der Waals surface area contributed by atoms with Crippen LogP contribution < -0.4 is 0 Å². The van der Waals surface area contributed by atoms with E-state index < -0.39 is 11.8 Å². The van der Waals surface area contributed by atoms with Crippen molar-refractivity contribution in [1.29, 1.82) is 0 Å². The molecule has 1 atom stereocenters. The van der Waals surface area contributed by atoms with Crippen LogP contribution in [0, 0.1) is 0 Å². The molecule has 1 rings (SSSR count). The average Bonchev–Trinajstić information content (AvgIpc) is 2.15. The van der Waals surface area contributed by atoms with E-state index in [1.165, 1.54) is 6.08 Å². The van der Waals surface area contributed by atoms with Crippen molar-refractivity contribution in [2.75, 3.05) is 0 Å². The largest absolute Gasteiger partial charge is 0.420 e. The van der Waals surface area contributed by atoms with Gasteiger partial charge in [-0.1, -0.05) is 36.4 Å². The summed E-state index contributed by atoms with van der Waals surface area (Å²) in [5.74, 6) is 0. The second kappa shape index (κ2) is 4.06. The summed E-state index contributed by atoms with van der Waals surface area (Å²) in [6.07, 6.45) is -2.67. The van der Waals surface area contributed by atoms with Gasteiger partial charge in [-0.25, -0.2) is 0 Å². The summed E-state index contributed by atoms with van der Waals surface area (Å²) in [5, 5.41) is 9.10. The Morgan fingerprint density at radius 1 is 1.13 bits per heavy atom. The molecule has 0 bridgehead atoms. The van der Waals surface area contributed by atoms with E-state index in [2.05, 4.69) is 0 Å². The smallest absolute Gasteiger partial charge is 0.377 e. The minimum Gasteiger partial charge on any atom is -0.377 e. The lowest BCUT2D eigenvalue weighted by Gasteiger charge is -2.22. The summed E-state index contributed by atoms with van der Waals surface area (Å²) in [7, 11) is 0. The molecule has 0 saturated heterocycles. The van der Waals surface area contributed by atoms with Crippen LogP contribution in [0.1, 0.15) is 12.5 Å². The first-order chi connectivity index (χ1) is 6.83. The molecule has 0 amide bonds. The summed E-state index contributed by atoms with van der Waals surface area (Å²) in [5.41, 5.74) is -2.18. The lowest BCUT2D eigenvalue weighted by atomic mass is 10.0. The van der Waals surface area contributed by atoms with Gasteiger partial charge in [-0.05, 0) is 18.6 Å². The lowest BCUT2D eigenvalue weighted by molar-refractivity contribution is -0.232. The minimum atomic E-state index is -4.65. The molecular formula is C11H11F3O. The van der Waals surface area contributed by atoms with Crippen molar-refractivity contribution in [2.45, 2.75) is 18.7 Å². The van der Waals surface area contributed by atoms with Crippen molar-refractivity contribution in [2.24, 2.45) is 0 Å². The monoisotopic (exact) mass is 216 g/mol. The normalized spacial score (nSPS) is 16.6. The molecule has 15 heavy (non-hydrogen) atoms. The molecule has 0 aliphatic rings. The number of aliphatic hydroxyl groups is 1. The van der Waals surface area contributed by atoms with Gasteiger partial charge < -0.3 is 5.11 Å². The SMILES string of the molecule is CC(O)(/C=C/c1ccccc1)C(F)(F)F. The molecular weight excluding hydrogens is 205 g/mol. The van der Waals surface area contributed by atoms with Gasteiger partial charge in [-0.2, -0.15) is 13.2 Å². The van der Waals surface area contributed by atoms with E-state index in [0.717, 1.165) is 6.08 Å². The maximum atomic E-state index is 12.2. The van der Waals surface area contributed by atoms with Crippen LogP contribution in [0.2, 0.25) is 0 Å². The topological polar surface area (TPSA) is 20.2 Å². The Balaban J connectivity index is 2.83. The van der Waals surface area contributed by atoms with E-state index in [1.807, 2.05) is 0 Å². The Kier molecular flexibility index (Phi) is 3.19. The summed E-state index contributed by atoms with van der Waals surface area (Å²) < 4.78 is 36.7. The fourth-order valence-electron chi connectivity index (χ4n) is 0.917. The molecule has 0 aromatic heterocycles. The average molecular weight is 216 g/mol. The molecule has 0 saturated carbocycles. The third-order valence-electron chi connectivity index (χ3n) is 1.97. The van der Waals surface area contributed by atoms with Crippen LogP contribution in [0.25, 0.3) is 6.08 Å². The Bertz CT molecular complexity index is 339. The predicted molar refractivity (Wildman–Crippen MR) is 52.2 cm³/mol. The first kappa shape index (κ1) is 11.8. The van der Waals surface area contributed by atoms with Gasteiger partial charge in [0, 0.05) is 0 Å². The number of halogens is 3. The molecule has 0 heterocycles. The minimum absolute atomic E-state index is 0.613. The molecule has 4 heteroatoms. The number of hydrogen-bond acceptors (Lipinski definition) is 1. The Morgan fingerprint density at radius 2 is 1.67 bits per heavy atom. The Morgan fingerprint density at radius 3 is 2.13 bits per heavy atom. The second-order valence-corrected chi connectivity index (χ2v) is 3.39. The van der Waals surface area contributed by atoms with Gasteiger partial charge in [0.2, 0.25) is 0 Å². The van der Waals surface area contributed by atoms with Crippen LogP contribution in [-0.2, 0) is 0 Å². The summed E-state index contributed by atoms with van der Waals surface area (Å²) in [6, 6.07) is 8.50. The quantitative estimate of drug-likeness (QED) is 0.805. The summed E-state index contributed by atoms with van der Waals surface area (Å²) in [4.78, 5) is 0. The molecule has 82 valence electrons. The number of alkyl halides is 3. The molecule has 0 fully saturated rings. The van der Waals surface area contributed by atoms with Crippen LogP contribution in [0.4, 0.5) is 13.2 Å². The molecule has 1 aromatic carbocycles. The fourth-order valence-corrected chi connectivity index (χ4v) is 0.917. The van der Waals surface area contributed by atoms with Gasteiger partial charge in [0.25, 0.3) is 0 Å². The van der Waals surface area contributed by atoms with Crippen molar-refractivity contribution in [3.8, 4) is 0 Å². The highest BCUT2D eigenvalue weighted by Gasteiger charge is 2.47. The zero-order chi connectivity index (χ0) is 11.5. The first-order valence-corrected chi connectivity index (χ1v) is 4.36. The summed E-state index contributed by atoms with van der Waals surface area (Å²) >= 11 is 0. The predicted octanol–water partition coefficient (Wildman–Crippen LogP) is 3.01. The van der Waals surface area contributed by atoms with E-state index in [0.29, 0.717) is 12.5 Å². The first-order valence-electron chi connectivity index (χ1n) is 4.36. The molecule has 0 radical (unpaired) electrons. The number of rotatable bonds is 2. The highest BCUT2D eigenvalue weighted by atomic mass is 19.4.